The average Bonchev–Trinajstić information content (AvgIpc) is 2.41. The van der Waals surface area contributed by atoms with E-state index in [9.17, 15) is 0 Å². The summed E-state index contributed by atoms with van der Waals surface area (Å²) in [6.45, 7) is 10.5. The Kier molecular flexibility index (Phi) is 9.91. The van der Waals surface area contributed by atoms with Crippen molar-refractivity contribution >= 4 is 11.9 Å². The summed E-state index contributed by atoms with van der Waals surface area (Å²) in [6, 6.07) is 1.28. The number of ether oxygens (including phenoxy) is 1. The van der Waals surface area contributed by atoms with Gasteiger partial charge in [0.25, 0.3) is 0 Å². The van der Waals surface area contributed by atoms with E-state index in [1.54, 1.807) is 11.9 Å². The first-order chi connectivity index (χ1) is 9.24. The number of likely N-dealkylation sites (tertiary alicyclic amines) is 1. The van der Waals surface area contributed by atoms with Crippen molar-refractivity contribution in [2.24, 2.45) is 0 Å². The number of nitrogens with one attached hydrogen (secondary N) is 2. The number of hydrogen-bond donors (Lipinski definition) is 2. The summed E-state index contributed by atoms with van der Waals surface area (Å²) in [6.07, 6.45) is 6.08. The molecule has 0 aromatic carbocycles. The lowest BCUT2D eigenvalue weighted by atomic mass is 10.0. The van der Waals surface area contributed by atoms with E-state index in [1.165, 1.54) is 25.8 Å². The monoisotopic (exact) mass is 289 g/mol. The van der Waals surface area contributed by atoms with Gasteiger partial charge in [-0.25, -0.2) is 0 Å². The van der Waals surface area contributed by atoms with Crippen LogP contribution < -0.4 is 10.0 Å². The lowest BCUT2D eigenvalue weighted by Gasteiger charge is -2.36. The van der Waals surface area contributed by atoms with Crippen molar-refractivity contribution in [2.75, 3.05) is 45.6 Å². The van der Waals surface area contributed by atoms with Gasteiger partial charge >= 0.3 is 0 Å². The maximum Gasteiger partial charge on any atom is 0.0600 e. The van der Waals surface area contributed by atoms with Crippen LogP contribution in [0.4, 0.5) is 0 Å². The van der Waals surface area contributed by atoms with Gasteiger partial charge in [0.05, 0.1) is 13.2 Å². The molecule has 2 N–H and O–H groups in total. The smallest absolute Gasteiger partial charge is 0.0600 e. The van der Waals surface area contributed by atoms with Gasteiger partial charge in [-0.1, -0.05) is 32.2 Å². The largest absolute Gasteiger partial charge is 0.379 e. The van der Waals surface area contributed by atoms with E-state index in [1.807, 2.05) is 6.26 Å². The topological polar surface area (TPSA) is 36.5 Å². The molecule has 0 spiro atoms. The van der Waals surface area contributed by atoms with Crippen molar-refractivity contribution in [1.29, 1.82) is 0 Å². The molecule has 114 valence electrons. The molecule has 0 aliphatic carbocycles. The molecule has 1 aliphatic heterocycles. The van der Waals surface area contributed by atoms with Crippen LogP contribution in [0, 0.1) is 0 Å². The molecule has 19 heavy (non-hydrogen) atoms. The minimum absolute atomic E-state index is 0.581. The molecule has 0 aromatic heterocycles. The minimum atomic E-state index is 0.581. The standard InChI is InChI=1S/C14H31N3OS/c1-13(2)15-12-14-6-4-5-8-17(14)9-11-18-10-7-16-19-3/h13-16H,4-12H2,1-3H3. The fraction of sp³-hybridized carbons (Fsp3) is 1.00. The molecule has 1 saturated heterocycles. The van der Waals surface area contributed by atoms with Crippen LogP contribution in [-0.2, 0) is 4.74 Å². The third-order valence-corrected chi connectivity index (χ3v) is 4.02. The second kappa shape index (κ2) is 10.9. The van der Waals surface area contributed by atoms with Gasteiger partial charge < -0.3 is 10.1 Å². The highest BCUT2D eigenvalue weighted by Gasteiger charge is 2.21. The first-order valence-electron chi connectivity index (χ1n) is 7.55. The Hall–Kier alpha value is 0.190. The molecular formula is C14H31N3OS. The van der Waals surface area contributed by atoms with Crippen molar-refractivity contribution in [3.63, 3.8) is 0 Å². The third-order valence-electron chi connectivity index (χ3n) is 3.53. The highest BCUT2D eigenvalue weighted by atomic mass is 32.2. The van der Waals surface area contributed by atoms with Gasteiger partial charge in [-0.2, -0.15) is 0 Å². The fourth-order valence-corrected chi connectivity index (χ4v) is 2.74. The second-order valence-electron chi connectivity index (χ2n) is 5.46. The van der Waals surface area contributed by atoms with Gasteiger partial charge in [0, 0.05) is 31.7 Å². The minimum Gasteiger partial charge on any atom is -0.379 e. The Bertz CT molecular complexity index is 217. The zero-order valence-corrected chi connectivity index (χ0v) is 13.6. The normalized spacial score (nSPS) is 21.2. The van der Waals surface area contributed by atoms with Gasteiger partial charge in [-0.05, 0) is 25.6 Å². The highest BCUT2D eigenvalue weighted by Crippen LogP contribution is 2.16. The first-order valence-corrected chi connectivity index (χ1v) is 8.77. The molecule has 0 bridgehead atoms. The molecule has 4 nitrogen and oxygen atoms in total. The van der Waals surface area contributed by atoms with E-state index < -0.39 is 0 Å². The van der Waals surface area contributed by atoms with Crippen molar-refractivity contribution in [2.45, 2.75) is 45.2 Å². The highest BCUT2D eigenvalue weighted by molar-refractivity contribution is 7.96. The molecule has 0 saturated carbocycles. The Labute approximate surface area is 123 Å². The molecule has 1 unspecified atom stereocenters. The van der Waals surface area contributed by atoms with Crippen LogP contribution in [-0.4, -0.2) is 62.6 Å². The van der Waals surface area contributed by atoms with E-state index in [0.717, 1.165) is 32.8 Å². The summed E-state index contributed by atoms with van der Waals surface area (Å²) in [5.74, 6) is 0. The molecule has 0 aromatic rings. The molecule has 1 aliphatic rings. The van der Waals surface area contributed by atoms with E-state index in [4.69, 9.17) is 4.74 Å². The predicted octanol–water partition coefficient (Wildman–Crippen LogP) is 1.72. The van der Waals surface area contributed by atoms with E-state index in [2.05, 4.69) is 28.8 Å². The number of piperidine rings is 1. The summed E-state index contributed by atoms with van der Waals surface area (Å²) < 4.78 is 8.87. The zero-order valence-electron chi connectivity index (χ0n) is 12.8. The molecule has 0 amide bonds. The average molecular weight is 289 g/mol. The number of hydrogen-bond acceptors (Lipinski definition) is 5. The Morgan fingerprint density at radius 1 is 1.32 bits per heavy atom. The maximum atomic E-state index is 5.67. The van der Waals surface area contributed by atoms with Crippen LogP contribution in [0.15, 0.2) is 0 Å². The first kappa shape index (κ1) is 17.2. The lowest BCUT2D eigenvalue weighted by molar-refractivity contribution is 0.0734. The van der Waals surface area contributed by atoms with Crippen molar-refractivity contribution in [3.05, 3.63) is 0 Å². The fourth-order valence-electron chi connectivity index (χ4n) is 2.46. The van der Waals surface area contributed by atoms with Gasteiger partial charge in [0.1, 0.15) is 0 Å². The van der Waals surface area contributed by atoms with Crippen molar-refractivity contribution in [3.8, 4) is 0 Å². The van der Waals surface area contributed by atoms with Crippen LogP contribution in [0.3, 0.4) is 0 Å². The molecular weight excluding hydrogens is 258 g/mol. The molecule has 5 heteroatoms. The quantitative estimate of drug-likeness (QED) is 0.473. The van der Waals surface area contributed by atoms with Gasteiger partial charge in [0.15, 0.2) is 0 Å². The molecule has 1 heterocycles. The van der Waals surface area contributed by atoms with Gasteiger partial charge in [-0.15, -0.1) is 0 Å². The van der Waals surface area contributed by atoms with Crippen LogP contribution in [0.25, 0.3) is 0 Å². The summed E-state index contributed by atoms with van der Waals surface area (Å²) >= 11 is 1.65. The van der Waals surface area contributed by atoms with Crippen LogP contribution in [0.1, 0.15) is 33.1 Å². The molecule has 1 rings (SSSR count). The Morgan fingerprint density at radius 3 is 2.89 bits per heavy atom. The summed E-state index contributed by atoms with van der Waals surface area (Å²) in [7, 11) is 0. The summed E-state index contributed by atoms with van der Waals surface area (Å²) in [5, 5.41) is 3.57. The summed E-state index contributed by atoms with van der Waals surface area (Å²) in [5.41, 5.74) is 0. The van der Waals surface area contributed by atoms with Crippen LogP contribution >= 0.6 is 11.9 Å². The van der Waals surface area contributed by atoms with Crippen molar-refractivity contribution < 1.29 is 4.74 Å². The van der Waals surface area contributed by atoms with Crippen LogP contribution in [0.2, 0.25) is 0 Å². The molecule has 1 fully saturated rings. The second-order valence-corrected chi connectivity index (χ2v) is 6.16. The SMILES string of the molecule is CSNCCOCCN1CCCCC1CNC(C)C. The number of rotatable bonds is 10. The zero-order chi connectivity index (χ0) is 13.9. The lowest BCUT2D eigenvalue weighted by Crippen LogP contribution is -2.47. The summed E-state index contributed by atoms with van der Waals surface area (Å²) in [4.78, 5) is 2.60. The van der Waals surface area contributed by atoms with Crippen LogP contribution in [0.5, 0.6) is 0 Å². The maximum absolute atomic E-state index is 5.67. The third kappa shape index (κ3) is 8.15. The van der Waals surface area contributed by atoms with E-state index in [0.29, 0.717) is 12.1 Å². The molecule has 1 atom stereocenters. The van der Waals surface area contributed by atoms with Crippen molar-refractivity contribution in [1.82, 2.24) is 14.9 Å². The predicted molar refractivity (Wildman–Crippen MR) is 84.7 cm³/mol. The van der Waals surface area contributed by atoms with E-state index >= 15 is 0 Å². The van der Waals surface area contributed by atoms with Gasteiger partial charge in [0.2, 0.25) is 0 Å². The Morgan fingerprint density at radius 2 is 2.16 bits per heavy atom. The number of nitrogens with zero attached hydrogens (tertiary/aromatic N) is 1. The molecule has 0 radical (unpaired) electrons. The van der Waals surface area contributed by atoms with E-state index in [-0.39, 0.29) is 0 Å². The van der Waals surface area contributed by atoms with Gasteiger partial charge in [-0.3, -0.25) is 9.62 Å². The Balaban J connectivity index is 2.13.